The first kappa shape index (κ1) is 14.8. The molecule has 0 bridgehead atoms. The summed E-state index contributed by atoms with van der Waals surface area (Å²) in [5.74, 6) is 1.50. The largest absolute Gasteiger partial charge is 0.351 e. The van der Waals surface area contributed by atoms with Crippen molar-refractivity contribution in [3.8, 4) is 0 Å². The van der Waals surface area contributed by atoms with Crippen LogP contribution in [0.3, 0.4) is 0 Å². The fourth-order valence-corrected chi connectivity index (χ4v) is 2.84. The predicted octanol–water partition coefficient (Wildman–Crippen LogP) is 1.41. The van der Waals surface area contributed by atoms with Gasteiger partial charge in [0.1, 0.15) is 5.82 Å². The maximum atomic E-state index is 11.3. The van der Waals surface area contributed by atoms with Crippen molar-refractivity contribution in [2.24, 2.45) is 5.73 Å². The van der Waals surface area contributed by atoms with Crippen LogP contribution >= 0.6 is 11.8 Å². The highest BCUT2D eigenvalue weighted by atomic mass is 32.2. The number of amides is 3. The maximum Gasteiger partial charge on any atom is 0.318 e. The second-order valence-electron chi connectivity index (χ2n) is 5.11. The van der Waals surface area contributed by atoms with Gasteiger partial charge >= 0.3 is 6.03 Å². The Labute approximate surface area is 121 Å². The zero-order chi connectivity index (χ0) is 14.7. The lowest BCUT2D eigenvalue weighted by Gasteiger charge is -2.10. The molecule has 1 aromatic heterocycles. The highest BCUT2D eigenvalue weighted by molar-refractivity contribution is 7.99. The lowest BCUT2D eigenvalue weighted by Crippen LogP contribution is -2.35. The van der Waals surface area contributed by atoms with Gasteiger partial charge in [-0.2, -0.15) is 0 Å². The molecule has 0 atom stereocenters. The van der Waals surface area contributed by atoms with Crippen LogP contribution in [0.15, 0.2) is 5.16 Å². The summed E-state index contributed by atoms with van der Waals surface area (Å²) in [7, 11) is 0. The van der Waals surface area contributed by atoms with E-state index >= 15 is 0 Å². The summed E-state index contributed by atoms with van der Waals surface area (Å²) < 4.78 is 2.18. The van der Waals surface area contributed by atoms with Gasteiger partial charge in [-0.25, -0.2) is 4.79 Å². The van der Waals surface area contributed by atoms with Gasteiger partial charge in [0.15, 0.2) is 5.16 Å². The zero-order valence-electron chi connectivity index (χ0n) is 11.6. The monoisotopic (exact) mass is 297 g/mol. The van der Waals surface area contributed by atoms with Crippen molar-refractivity contribution in [1.29, 1.82) is 0 Å². The smallest absolute Gasteiger partial charge is 0.318 e. The van der Waals surface area contributed by atoms with Crippen LogP contribution in [-0.4, -0.2) is 32.5 Å². The van der Waals surface area contributed by atoms with Crippen molar-refractivity contribution in [3.05, 3.63) is 5.82 Å². The Morgan fingerprint density at radius 1 is 1.45 bits per heavy atom. The molecule has 110 valence electrons. The molecule has 1 aliphatic rings. The minimum absolute atomic E-state index is 0.224. The molecule has 2 rings (SSSR count). The van der Waals surface area contributed by atoms with Crippen molar-refractivity contribution in [1.82, 2.24) is 20.1 Å². The van der Waals surface area contributed by atoms with Gasteiger partial charge in [-0.05, 0) is 12.8 Å². The minimum Gasteiger partial charge on any atom is -0.351 e. The van der Waals surface area contributed by atoms with Crippen LogP contribution in [0.1, 0.15) is 50.9 Å². The van der Waals surface area contributed by atoms with Gasteiger partial charge in [0.05, 0.1) is 0 Å². The van der Waals surface area contributed by atoms with Gasteiger partial charge in [0, 0.05) is 24.1 Å². The number of hydrogen-bond acceptors (Lipinski definition) is 5. The van der Waals surface area contributed by atoms with Crippen molar-refractivity contribution in [2.75, 3.05) is 5.75 Å². The minimum atomic E-state index is -0.816. The molecule has 7 nitrogen and oxygen atoms in total. The van der Waals surface area contributed by atoms with Gasteiger partial charge in [-0.3, -0.25) is 10.1 Å². The number of nitrogens with two attached hydrogens (primary N) is 1. The summed E-state index contributed by atoms with van der Waals surface area (Å²) in [5.41, 5.74) is 4.88. The third-order valence-electron chi connectivity index (χ3n) is 2.94. The van der Waals surface area contributed by atoms with Crippen LogP contribution in [0, 0.1) is 0 Å². The Morgan fingerprint density at radius 2 is 2.15 bits per heavy atom. The lowest BCUT2D eigenvalue weighted by atomic mass is 10.2. The quantitative estimate of drug-likeness (QED) is 0.773. The molecule has 3 N–H and O–H groups in total. The molecule has 1 aromatic rings. The second-order valence-corrected chi connectivity index (χ2v) is 6.17. The van der Waals surface area contributed by atoms with Crippen LogP contribution in [0.2, 0.25) is 0 Å². The molecule has 0 saturated heterocycles. The number of rotatable bonds is 6. The fraction of sp³-hybridized carbons (Fsp3) is 0.667. The zero-order valence-corrected chi connectivity index (χ0v) is 12.4. The van der Waals surface area contributed by atoms with E-state index in [0.29, 0.717) is 17.7 Å². The van der Waals surface area contributed by atoms with E-state index in [1.165, 1.54) is 11.8 Å². The molecule has 0 aromatic carbocycles. The molecule has 1 aliphatic carbocycles. The summed E-state index contributed by atoms with van der Waals surface area (Å²) in [6, 6.07) is -0.312. The highest BCUT2D eigenvalue weighted by Gasteiger charge is 2.30. The fourth-order valence-electron chi connectivity index (χ4n) is 1.89. The van der Waals surface area contributed by atoms with E-state index in [2.05, 4.69) is 28.6 Å². The topological polar surface area (TPSA) is 103 Å². The molecular weight excluding hydrogens is 278 g/mol. The highest BCUT2D eigenvalue weighted by Crippen LogP contribution is 2.40. The molecule has 20 heavy (non-hydrogen) atoms. The normalized spacial score (nSPS) is 14.6. The molecule has 0 unspecified atom stereocenters. The first-order valence-corrected chi connectivity index (χ1v) is 7.64. The number of urea groups is 1. The molecule has 0 aliphatic heterocycles. The average Bonchev–Trinajstić information content (AvgIpc) is 3.09. The van der Waals surface area contributed by atoms with E-state index < -0.39 is 6.03 Å². The first-order valence-electron chi connectivity index (χ1n) is 6.66. The number of imide groups is 1. The standard InChI is InChI=1S/C12H19N5O2S/c1-7(2)10-15-16-12(17(10)8-3-4-8)20-6-5-9(18)14-11(13)19/h7-8H,3-6H2,1-2H3,(H3,13,14,18,19). The molecule has 1 saturated carbocycles. The van der Waals surface area contributed by atoms with Crippen molar-refractivity contribution >= 4 is 23.7 Å². The molecule has 0 spiro atoms. The molecule has 0 radical (unpaired) electrons. The lowest BCUT2D eigenvalue weighted by molar-refractivity contribution is -0.119. The van der Waals surface area contributed by atoms with E-state index in [0.717, 1.165) is 23.8 Å². The van der Waals surface area contributed by atoms with E-state index in [1.54, 1.807) is 0 Å². The van der Waals surface area contributed by atoms with Crippen LogP contribution < -0.4 is 11.1 Å². The number of nitrogens with zero attached hydrogens (tertiary/aromatic N) is 3. The first-order chi connectivity index (χ1) is 9.49. The predicted molar refractivity (Wildman–Crippen MR) is 75.4 cm³/mol. The number of carbonyl (C=O) groups is 2. The number of hydrogen-bond donors (Lipinski definition) is 2. The molecular formula is C12H19N5O2S. The summed E-state index contributed by atoms with van der Waals surface area (Å²) >= 11 is 1.49. The summed E-state index contributed by atoms with van der Waals surface area (Å²) in [5, 5.41) is 11.3. The summed E-state index contributed by atoms with van der Waals surface area (Å²) in [6.07, 6.45) is 2.54. The summed E-state index contributed by atoms with van der Waals surface area (Å²) in [4.78, 5) is 21.9. The van der Waals surface area contributed by atoms with Gasteiger partial charge in [-0.15, -0.1) is 10.2 Å². The molecule has 1 heterocycles. The Bertz CT molecular complexity index is 510. The van der Waals surface area contributed by atoms with E-state index in [1.807, 2.05) is 5.32 Å². The van der Waals surface area contributed by atoms with Gasteiger partial charge in [0.2, 0.25) is 5.91 Å². The van der Waals surface area contributed by atoms with E-state index in [-0.39, 0.29) is 12.3 Å². The SMILES string of the molecule is CC(C)c1nnc(SCCC(=O)NC(N)=O)n1C1CC1. The maximum absolute atomic E-state index is 11.3. The van der Waals surface area contributed by atoms with Crippen LogP contribution in [0.25, 0.3) is 0 Å². The van der Waals surface area contributed by atoms with E-state index in [4.69, 9.17) is 5.73 Å². The van der Waals surface area contributed by atoms with Gasteiger partial charge in [-0.1, -0.05) is 25.6 Å². The molecule has 3 amide bonds. The number of primary amides is 1. The number of thioether (sulfide) groups is 1. The van der Waals surface area contributed by atoms with Crippen molar-refractivity contribution in [3.63, 3.8) is 0 Å². The molecule has 8 heteroatoms. The van der Waals surface area contributed by atoms with Gasteiger partial charge in [0.25, 0.3) is 0 Å². The Hall–Kier alpha value is -1.57. The van der Waals surface area contributed by atoms with Crippen LogP contribution in [-0.2, 0) is 4.79 Å². The number of aromatic nitrogens is 3. The third kappa shape index (κ3) is 3.72. The number of nitrogens with one attached hydrogen (secondary N) is 1. The third-order valence-corrected chi connectivity index (χ3v) is 3.89. The van der Waals surface area contributed by atoms with Crippen molar-refractivity contribution in [2.45, 2.75) is 50.2 Å². The van der Waals surface area contributed by atoms with E-state index in [9.17, 15) is 9.59 Å². The molecule has 1 fully saturated rings. The van der Waals surface area contributed by atoms with Crippen molar-refractivity contribution < 1.29 is 9.59 Å². The van der Waals surface area contributed by atoms with Crippen LogP contribution in [0.4, 0.5) is 4.79 Å². The second kappa shape index (κ2) is 6.25. The Kier molecular flexibility index (Phi) is 4.64. The average molecular weight is 297 g/mol. The summed E-state index contributed by atoms with van der Waals surface area (Å²) in [6.45, 7) is 4.19. The van der Waals surface area contributed by atoms with Crippen LogP contribution in [0.5, 0.6) is 0 Å². The Balaban J connectivity index is 1.93. The Morgan fingerprint density at radius 3 is 2.70 bits per heavy atom. The number of carbonyl (C=O) groups excluding carboxylic acids is 2. The van der Waals surface area contributed by atoms with Gasteiger partial charge < -0.3 is 10.3 Å².